The molecule has 8 nitrogen and oxygen atoms in total. The molecule has 0 N–H and O–H groups in total. The van der Waals surface area contributed by atoms with E-state index in [4.69, 9.17) is 18.1 Å². The van der Waals surface area contributed by atoms with Crippen molar-refractivity contribution < 1.29 is 37.0 Å². The minimum absolute atomic E-state index is 0. The molecule has 496 valence electrons. The van der Waals surface area contributed by atoms with Gasteiger partial charge in [0.15, 0.2) is 0 Å². The Labute approximate surface area is 561 Å². The van der Waals surface area contributed by atoms with Crippen LogP contribution in [0.15, 0.2) is 0 Å². The smallest absolute Gasteiger partial charge is 0.756 e. The summed E-state index contributed by atoms with van der Waals surface area (Å²) in [6.45, 7) is 10.2. The second-order valence-electron chi connectivity index (χ2n) is 25.4. The van der Waals surface area contributed by atoms with Crippen molar-refractivity contribution in [1.82, 2.24) is 0 Å². The molecule has 0 aliphatic rings. The Kier molecular flexibility index (Phi) is 83.7. The summed E-state index contributed by atoms with van der Waals surface area (Å²) in [6, 6.07) is 0. The van der Waals surface area contributed by atoms with Gasteiger partial charge in [-0.1, -0.05) is 413 Å². The van der Waals surface area contributed by atoms with Crippen LogP contribution in [0, 0.1) is 0 Å². The summed E-state index contributed by atoms with van der Waals surface area (Å²) in [7, 11) is -8.24. The Morgan fingerprint density at radius 3 is 0.361 bits per heavy atom. The van der Waals surface area contributed by atoms with E-state index in [1.807, 2.05) is 0 Å². The van der Waals surface area contributed by atoms with E-state index >= 15 is 0 Å². The SMILES string of the molecule is CCCCCCCCCCCCCCCCCCOP(=O)([O-])OCCCCCCCCCCCCCCCCCC.CCCCCCCCCCCCCCCCCCOP(=O)([O-])OCCCCCCCCCCCCCCCCCC.[Ba+2]. The monoisotopic (exact) mass is 1340 g/mol. The molecular weight excluding hydrogens is 1190 g/mol. The Morgan fingerprint density at radius 2 is 0.265 bits per heavy atom. The molecule has 0 aliphatic heterocycles. The average Bonchev–Trinajstić information content (AvgIpc) is 3.46. The zero-order chi connectivity index (χ0) is 59.9. The molecule has 11 heteroatoms. The Bertz CT molecular complexity index is 1070. The van der Waals surface area contributed by atoms with E-state index < -0.39 is 15.6 Å². The molecule has 0 fully saturated rings. The van der Waals surface area contributed by atoms with Crippen LogP contribution in [0.2, 0.25) is 0 Å². The zero-order valence-corrected chi connectivity index (χ0v) is 63.2. The molecule has 0 aliphatic carbocycles. The molecular formula is C72H148BaO8P2. The maximum Gasteiger partial charge on any atom is 2.00 e. The number of phosphoric acid groups is 2. The predicted octanol–water partition coefficient (Wildman–Crippen LogP) is 25.6. The van der Waals surface area contributed by atoms with Crippen LogP contribution in [0.1, 0.15) is 439 Å². The minimum Gasteiger partial charge on any atom is -0.756 e. The number of rotatable bonds is 72. The fourth-order valence-electron chi connectivity index (χ4n) is 11.4. The van der Waals surface area contributed by atoms with E-state index in [1.165, 1.54) is 360 Å². The van der Waals surface area contributed by atoms with Crippen molar-refractivity contribution in [2.24, 2.45) is 0 Å². The largest absolute Gasteiger partial charge is 2.00 e. The van der Waals surface area contributed by atoms with E-state index in [0.717, 1.165) is 51.4 Å². The Morgan fingerprint density at radius 1 is 0.181 bits per heavy atom. The van der Waals surface area contributed by atoms with E-state index in [-0.39, 0.29) is 75.3 Å². The molecule has 83 heavy (non-hydrogen) atoms. The van der Waals surface area contributed by atoms with Gasteiger partial charge in [-0.25, -0.2) is 0 Å². The summed E-state index contributed by atoms with van der Waals surface area (Å²) in [5, 5.41) is 0. The van der Waals surface area contributed by atoms with Crippen molar-refractivity contribution in [2.75, 3.05) is 26.4 Å². The van der Waals surface area contributed by atoms with Crippen molar-refractivity contribution in [2.45, 2.75) is 439 Å². The van der Waals surface area contributed by atoms with Crippen molar-refractivity contribution in [3.05, 3.63) is 0 Å². The van der Waals surface area contributed by atoms with Crippen LogP contribution in [-0.4, -0.2) is 75.3 Å². The summed E-state index contributed by atoms with van der Waals surface area (Å²) in [6.07, 6.45) is 83.7. The van der Waals surface area contributed by atoms with Crippen LogP contribution < -0.4 is 9.79 Å². The van der Waals surface area contributed by atoms with Gasteiger partial charge in [0.2, 0.25) is 0 Å². The maximum atomic E-state index is 11.9. The fraction of sp³-hybridized carbons (Fsp3) is 1.00. The van der Waals surface area contributed by atoms with Crippen LogP contribution >= 0.6 is 15.6 Å². The Balaban J connectivity index is -0.00000152. The van der Waals surface area contributed by atoms with Crippen molar-refractivity contribution >= 4 is 64.5 Å². The normalized spacial score (nSPS) is 11.8. The van der Waals surface area contributed by atoms with Crippen molar-refractivity contribution in [3.8, 4) is 0 Å². The molecule has 0 saturated heterocycles. The van der Waals surface area contributed by atoms with E-state index in [0.29, 0.717) is 0 Å². The molecule has 0 rings (SSSR count). The number of hydrogen-bond donors (Lipinski definition) is 0. The van der Waals surface area contributed by atoms with Crippen molar-refractivity contribution in [3.63, 3.8) is 0 Å². The number of unbranched alkanes of at least 4 members (excludes halogenated alkanes) is 60. The van der Waals surface area contributed by atoms with E-state index in [2.05, 4.69) is 27.7 Å². The molecule has 0 aromatic rings. The summed E-state index contributed by atoms with van der Waals surface area (Å²) < 4.78 is 44.1. The Hall–Kier alpha value is 1.79. The van der Waals surface area contributed by atoms with Gasteiger partial charge in [0.1, 0.15) is 0 Å². The predicted molar refractivity (Wildman–Crippen MR) is 363 cm³/mol. The maximum absolute atomic E-state index is 11.9. The number of hydrogen-bond acceptors (Lipinski definition) is 8. The van der Waals surface area contributed by atoms with Gasteiger partial charge in [-0.3, -0.25) is 9.13 Å². The molecule has 0 atom stereocenters. The molecule has 0 radical (unpaired) electrons. The second-order valence-corrected chi connectivity index (χ2v) is 28.3. The second kappa shape index (κ2) is 78.0. The first-order valence-corrected chi connectivity index (χ1v) is 40.4. The topological polar surface area (TPSA) is 117 Å². The van der Waals surface area contributed by atoms with Gasteiger partial charge in [-0.2, -0.15) is 0 Å². The van der Waals surface area contributed by atoms with Crippen LogP contribution in [0.4, 0.5) is 0 Å². The minimum atomic E-state index is -4.12. The summed E-state index contributed by atoms with van der Waals surface area (Å²) in [5.74, 6) is 0. The van der Waals surface area contributed by atoms with Gasteiger partial charge < -0.3 is 27.9 Å². The quantitative estimate of drug-likeness (QED) is 0.0336. The van der Waals surface area contributed by atoms with Gasteiger partial charge in [-0.15, -0.1) is 0 Å². The molecule has 0 spiro atoms. The molecule has 0 aromatic heterocycles. The van der Waals surface area contributed by atoms with Gasteiger partial charge in [0.05, 0.1) is 26.4 Å². The molecule has 0 saturated carbocycles. The molecule has 0 bridgehead atoms. The van der Waals surface area contributed by atoms with Crippen LogP contribution in [-0.2, 0) is 27.2 Å². The average molecular weight is 1340 g/mol. The third-order valence-electron chi connectivity index (χ3n) is 17.0. The standard InChI is InChI=1S/2C36H75O4P.Ba/c2*1-3-5-7-9-11-13-15-17-19-21-23-25-27-29-31-33-35-39-41(37,38)40-36-34-32-30-28-26-24-22-20-18-16-14-12-10-8-6-4-2;/h2*3-36H2,1-2H3,(H,37,38);/q;;+2/p-2. The fourth-order valence-corrected chi connectivity index (χ4v) is 12.9. The molecule has 0 unspecified atom stereocenters. The van der Waals surface area contributed by atoms with E-state index in [9.17, 15) is 18.9 Å². The van der Waals surface area contributed by atoms with Crippen LogP contribution in [0.5, 0.6) is 0 Å². The third-order valence-corrected chi connectivity index (χ3v) is 19.0. The molecule has 0 aromatic carbocycles. The van der Waals surface area contributed by atoms with Gasteiger partial charge in [0.25, 0.3) is 15.6 Å². The summed E-state index contributed by atoms with van der Waals surface area (Å²) in [5.41, 5.74) is 0. The summed E-state index contributed by atoms with van der Waals surface area (Å²) in [4.78, 5) is 23.9. The third kappa shape index (κ3) is 83.8. The van der Waals surface area contributed by atoms with E-state index in [1.54, 1.807) is 0 Å². The first-order valence-electron chi connectivity index (χ1n) is 37.4. The summed E-state index contributed by atoms with van der Waals surface area (Å²) >= 11 is 0. The number of phosphoric ester groups is 2. The van der Waals surface area contributed by atoms with Gasteiger partial charge in [0, 0.05) is 0 Å². The van der Waals surface area contributed by atoms with Crippen LogP contribution in [0.25, 0.3) is 0 Å². The molecule has 0 heterocycles. The van der Waals surface area contributed by atoms with Gasteiger partial charge >= 0.3 is 48.9 Å². The first-order chi connectivity index (χ1) is 40.2. The van der Waals surface area contributed by atoms with Crippen LogP contribution in [0.3, 0.4) is 0 Å². The zero-order valence-electron chi connectivity index (χ0n) is 57.0. The van der Waals surface area contributed by atoms with Gasteiger partial charge in [-0.05, 0) is 25.7 Å². The molecule has 0 amide bonds. The first kappa shape index (κ1) is 89.0. The van der Waals surface area contributed by atoms with Crippen molar-refractivity contribution in [1.29, 1.82) is 0 Å².